The molecule has 0 aromatic carbocycles. The third kappa shape index (κ3) is 2.76. The van der Waals surface area contributed by atoms with Crippen LogP contribution in [0.5, 0.6) is 0 Å². The molecule has 0 spiro atoms. The fourth-order valence-corrected chi connectivity index (χ4v) is 1.61. The molecule has 0 saturated carbocycles. The van der Waals surface area contributed by atoms with Crippen molar-refractivity contribution < 1.29 is 9.90 Å². The number of carboxylic acid groups (broad SMARTS) is 1. The van der Waals surface area contributed by atoms with Crippen molar-refractivity contribution in [3.63, 3.8) is 0 Å². The van der Waals surface area contributed by atoms with Gasteiger partial charge in [0.2, 0.25) is 0 Å². The molecule has 1 heterocycles. The summed E-state index contributed by atoms with van der Waals surface area (Å²) in [5.74, 6) is -0.387. The fraction of sp³-hybridized carbons (Fsp3) is 0.250. The molecule has 1 atom stereocenters. The van der Waals surface area contributed by atoms with E-state index in [0.717, 1.165) is 5.56 Å². The van der Waals surface area contributed by atoms with Crippen LogP contribution in [-0.4, -0.2) is 17.7 Å². The van der Waals surface area contributed by atoms with Gasteiger partial charge in [-0.1, -0.05) is 0 Å². The molecule has 1 amide bonds. The van der Waals surface area contributed by atoms with Gasteiger partial charge in [0.15, 0.2) is 0 Å². The average Bonchev–Trinajstić information content (AvgIpc) is 2.58. The highest BCUT2D eigenvalue weighted by Crippen LogP contribution is 2.16. The Labute approximate surface area is 79.4 Å². The van der Waals surface area contributed by atoms with Crippen molar-refractivity contribution in [2.75, 3.05) is 6.54 Å². The van der Waals surface area contributed by atoms with E-state index in [2.05, 4.69) is 5.32 Å². The molecule has 0 aliphatic rings. The molecule has 5 heteroatoms. The van der Waals surface area contributed by atoms with E-state index in [1.165, 1.54) is 11.3 Å². The largest absolute Gasteiger partial charge is 0.465 e. The Morgan fingerprint density at radius 2 is 2.62 bits per heavy atom. The van der Waals surface area contributed by atoms with Crippen molar-refractivity contribution in [1.82, 2.24) is 5.32 Å². The smallest absolute Gasteiger partial charge is 0.404 e. The maximum Gasteiger partial charge on any atom is 0.404 e. The van der Waals surface area contributed by atoms with Gasteiger partial charge in [-0.25, -0.2) is 4.79 Å². The van der Waals surface area contributed by atoms with Gasteiger partial charge in [0.1, 0.15) is 0 Å². The quantitative estimate of drug-likeness (QED) is 0.771. The molecular formula is C8H8N2O2S. The van der Waals surface area contributed by atoms with Crippen LogP contribution in [0.2, 0.25) is 0 Å². The number of nitriles is 1. The number of nitrogens with zero attached hydrogens (tertiary/aromatic N) is 1. The lowest BCUT2D eigenvalue weighted by atomic mass is 10.1. The first kappa shape index (κ1) is 9.55. The van der Waals surface area contributed by atoms with Crippen molar-refractivity contribution in [2.24, 2.45) is 0 Å². The van der Waals surface area contributed by atoms with E-state index in [-0.39, 0.29) is 12.5 Å². The van der Waals surface area contributed by atoms with Crippen LogP contribution >= 0.6 is 11.3 Å². The van der Waals surface area contributed by atoms with E-state index >= 15 is 0 Å². The van der Waals surface area contributed by atoms with Gasteiger partial charge in [0.05, 0.1) is 12.0 Å². The molecule has 1 aromatic heterocycles. The zero-order chi connectivity index (χ0) is 9.68. The minimum Gasteiger partial charge on any atom is -0.465 e. The first-order chi connectivity index (χ1) is 6.24. The van der Waals surface area contributed by atoms with Crippen LogP contribution in [0, 0.1) is 11.3 Å². The van der Waals surface area contributed by atoms with Crippen LogP contribution in [0.1, 0.15) is 11.5 Å². The summed E-state index contributed by atoms with van der Waals surface area (Å²) < 4.78 is 0. The van der Waals surface area contributed by atoms with Gasteiger partial charge in [-0.05, 0) is 22.4 Å². The van der Waals surface area contributed by atoms with Crippen LogP contribution in [-0.2, 0) is 0 Å². The highest BCUT2D eigenvalue weighted by atomic mass is 32.1. The zero-order valence-electron chi connectivity index (χ0n) is 6.73. The van der Waals surface area contributed by atoms with E-state index in [1.54, 1.807) is 0 Å². The van der Waals surface area contributed by atoms with Crippen LogP contribution in [0.4, 0.5) is 4.79 Å². The maximum absolute atomic E-state index is 10.2. The monoisotopic (exact) mass is 196 g/mol. The topological polar surface area (TPSA) is 73.1 Å². The van der Waals surface area contributed by atoms with Gasteiger partial charge in [-0.15, -0.1) is 0 Å². The van der Waals surface area contributed by atoms with E-state index in [0.29, 0.717) is 0 Å². The summed E-state index contributed by atoms with van der Waals surface area (Å²) in [6, 6.07) is 3.86. The van der Waals surface area contributed by atoms with Gasteiger partial charge in [0.25, 0.3) is 0 Å². The van der Waals surface area contributed by atoms with Crippen molar-refractivity contribution in [3.05, 3.63) is 22.4 Å². The lowest BCUT2D eigenvalue weighted by Gasteiger charge is -2.05. The number of carbonyl (C=O) groups is 1. The average molecular weight is 196 g/mol. The summed E-state index contributed by atoms with van der Waals surface area (Å²) in [7, 11) is 0. The van der Waals surface area contributed by atoms with E-state index in [9.17, 15) is 4.79 Å². The van der Waals surface area contributed by atoms with Crippen molar-refractivity contribution >= 4 is 17.4 Å². The Balaban J connectivity index is 2.55. The SMILES string of the molecule is N#C[C@@H](CNC(=O)O)c1ccsc1. The fourth-order valence-electron chi connectivity index (χ4n) is 0.901. The molecule has 0 fully saturated rings. The molecule has 2 N–H and O–H groups in total. The summed E-state index contributed by atoms with van der Waals surface area (Å²) in [5.41, 5.74) is 0.862. The number of rotatable bonds is 3. The molecule has 68 valence electrons. The molecule has 1 aromatic rings. The van der Waals surface area contributed by atoms with Crippen LogP contribution in [0.15, 0.2) is 16.8 Å². The van der Waals surface area contributed by atoms with Gasteiger partial charge >= 0.3 is 6.09 Å². The van der Waals surface area contributed by atoms with Gasteiger partial charge in [0, 0.05) is 6.54 Å². The third-order valence-electron chi connectivity index (χ3n) is 1.56. The van der Waals surface area contributed by atoms with Crippen molar-refractivity contribution in [1.29, 1.82) is 5.26 Å². The summed E-state index contributed by atoms with van der Waals surface area (Å²) in [4.78, 5) is 10.2. The van der Waals surface area contributed by atoms with Crippen molar-refractivity contribution in [3.8, 4) is 6.07 Å². The molecule has 13 heavy (non-hydrogen) atoms. The second-order valence-electron chi connectivity index (χ2n) is 2.42. The maximum atomic E-state index is 10.2. The Morgan fingerprint density at radius 3 is 3.08 bits per heavy atom. The standard InChI is InChI=1S/C8H8N2O2S/c9-3-7(4-10-8(11)12)6-1-2-13-5-6/h1-2,5,7,10H,4H2,(H,11,12)/t7-/m0/s1. The molecule has 4 nitrogen and oxygen atoms in total. The predicted octanol–water partition coefficient (Wildman–Crippen LogP) is 1.62. The summed E-state index contributed by atoms with van der Waals surface area (Å²) >= 11 is 1.49. The minimum atomic E-state index is -1.10. The Kier molecular flexibility index (Phi) is 3.29. The lowest BCUT2D eigenvalue weighted by molar-refractivity contribution is 0.194. The highest BCUT2D eigenvalue weighted by Gasteiger charge is 2.11. The van der Waals surface area contributed by atoms with Crippen LogP contribution in [0.25, 0.3) is 0 Å². The first-order valence-corrected chi connectivity index (χ1v) is 4.57. The van der Waals surface area contributed by atoms with Gasteiger partial charge in [-0.3, -0.25) is 0 Å². The van der Waals surface area contributed by atoms with Crippen molar-refractivity contribution in [2.45, 2.75) is 5.92 Å². The second-order valence-corrected chi connectivity index (χ2v) is 3.20. The lowest BCUT2D eigenvalue weighted by Crippen LogP contribution is -2.25. The summed E-state index contributed by atoms with van der Waals surface area (Å²) in [6.07, 6.45) is -1.10. The summed E-state index contributed by atoms with van der Waals surface area (Å²) in [5, 5.41) is 23.0. The Bertz CT molecular complexity index is 315. The minimum absolute atomic E-state index is 0.141. The molecule has 0 aliphatic heterocycles. The number of hydrogen-bond donors (Lipinski definition) is 2. The number of amides is 1. The molecule has 0 radical (unpaired) electrons. The molecular weight excluding hydrogens is 188 g/mol. The number of nitrogens with one attached hydrogen (secondary N) is 1. The molecule has 0 bridgehead atoms. The van der Waals surface area contributed by atoms with E-state index in [1.807, 2.05) is 22.9 Å². The molecule has 0 saturated heterocycles. The number of thiophene rings is 1. The Morgan fingerprint density at radius 1 is 1.85 bits per heavy atom. The molecule has 0 aliphatic carbocycles. The number of hydrogen-bond acceptors (Lipinski definition) is 3. The normalized spacial score (nSPS) is 11.6. The molecule has 0 unspecified atom stereocenters. The van der Waals surface area contributed by atoms with E-state index < -0.39 is 6.09 Å². The molecule has 1 rings (SSSR count). The van der Waals surface area contributed by atoms with Gasteiger partial charge < -0.3 is 10.4 Å². The Hall–Kier alpha value is -1.54. The first-order valence-electron chi connectivity index (χ1n) is 3.62. The van der Waals surface area contributed by atoms with Crippen LogP contribution in [0.3, 0.4) is 0 Å². The summed E-state index contributed by atoms with van der Waals surface area (Å²) in [6.45, 7) is 0.141. The highest BCUT2D eigenvalue weighted by molar-refractivity contribution is 7.08. The predicted molar refractivity (Wildman–Crippen MR) is 48.7 cm³/mol. The third-order valence-corrected chi connectivity index (χ3v) is 2.26. The zero-order valence-corrected chi connectivity index (χ0v) is 7.54. The van der Waals surface area contributed by atoms with E-state index in [4.69, 9.17) is 10.4 Å². The van der Waals surface area contributed by atoms with Gasteiger partial charge in [-0.2, -0.15) is 16.6 Å². The van der Waals surface area contributed by atoms with Crippen LogP contribution < -0.4 is 5.32 Å². The second kappa shape index (κ2) is 4.48.